The van der Waals surface area contributed by atoms with E-state index in [1.54, 1.807) is 6.07 Å². The molecule has 2 aromatic rings. The maximum absolute atomic E-state index is 10.1. The summed E-state index contributed by atoms with van der Waals surface area (Å²) in [6.45, 7) is 4.57. The van der Waals surface area contributed by atoms with E-state index in [2.05, 4.69) is 26.0 Å². The van der Waals surface area contributed by atoms with Gasteiger partial charge >= 0.3 is 0 Å². The number of hydrogen-bond acceptors (Lipinski definition) is 3. The van der Waals surface area contributed by atoms with Crippen LogP contribution in [0.4, 0.5) is 5.69 Å². The molecular weight excluding hydrogens is 262 g/mol. The van der Waals surface area contributed by atoms with Crippen molar-refractivity contribution in [1.82, 2.24) is 0 Å². The fraction of sp³-hybridized carbons (Fsp3) is 0.333. The molecule has 0 aliphatic heterocycles. The Labute approximate surface area is 126 Å². The SMILES string of the molecule is CCC(C)c1ccc(OCC(O)c2ccccc2N)cc1. The summed E-state index contributed by atoms with van der Waals surface area (Å²) in [4.78, 5) is 0. The molecule has 3 nitrogen and oxygen atoms in total. The average molecular weight is 285 g/mol. The fourth-order valence-corrected chi connectivity index (χ4v) is 2.21. The second kappa shape index (κ2) is 7.14. The molecule has 2 aromatic carbocycles. The maximum Gasteiger partial charge on any atom is 0.119 e. The molecule has 3 N–H and O–H groups in total. The standard InChI is InChI=1S/C18H23NO2/c1-3-13(2)14-8-10-15(11-9-14)21-12-18(20)16-6-4-5-7-17(16)19/h4-11,13,18,20H,3,12,19H2,1-2H3. The first-order valence-electron chi connectivity index (χ1n) is 7.37. The zero-order chi connectivity index (χ0) is 15.2. The third kappa shape index (κ3) is 3.99. The molecular formula is C18H23NO2. The number of aliphatic hydroxyl groups is 1. The first-order chi connectivity index (χ1) is 10.1. The van der Waals surface area contributed by atoms with Crippen molar-refractivity contribution in [3.63, 3.8) is 0 Å². The van der Waals surface area contributed by atoms with Crippen LogP contribution in [-0.4, -0.2) is 11.7 Å². The molecule has 2 atom stereocenters. The molecule has 0 amide bonds. The van der Waals surface area contributed by atoms with Crippen LogP contribution in [0.1, 0.15) is 43.4 Å². The highest BCUT2D eigenvalue weighted by molar-refractivity contribution is 5.47. The monoisotopic (exact) mass is 285 g/mol. The van der Waals surface area contributed by atoms with Crippen molar-refractivity contribution < 1.29 is 9.84 Å². The predicted octanol–water partition coefficient (Wildman–Crippen LogP) is 3.89. The van der Waals surface area contributed by atoms with E-state index < -0.39 is 6.10 Å². The van der Waals surface area contributed by atoms with Gasteiger partial charge in [0.1, 0.15) is 18.5 Å². The molecule has 0 fully saturated rings. The Morgan fingerprint density at radius 2 is 1.76 bits per heavy atom. The third-order valence-corrected chi connectivity index (χ3v) is 3.82. The average Bonchev–Trinajstić information content (AvgIpc) is 2.52. The van der Waals surface area contributed by atoms with Crippen molar-refractivity contribution in [1.29, 1.82) is 0 Å². The highest BCUT2D eigenvalue weighted by atomic mass is 16.5. The van der Waals surface area contributed by atoms with E-state index in [0.29, 0.717) is 17.2 Å². The van der Waals surface area contributed by atoms with E-state index >= 15 is 0 Å². The zero-order valence-corrected chi connectivity index (χ0v) is 12.6. The van der Waals surface area contributed by atoms with E-state index in [4.69, 9.17) is 10.5 Å². The lowest BCUT2D eigenvalue weighted by atomic mass is 9.99. The molecule has 21 heavy (non-hydrogen) atoms. The van der Waals surface area contributed by atoms with Crippen LogP contribution in [0.3, 0.4) is 0 Å². The van der Waals surface area contributed by atoms with Crippen LogP contribution in [0.2, 0.25) is 0 Å². The Morgan fingerprint density at radius 3 is 2.38 bits per heavy atom. The van der Waals surface area contributed by atoms with Crippen LogP contribution in [-0.2, 0) is 0 Å². The van der Waals surface area contributed by atoms with E-state index in [0.717, 1.165) is 12.2 Å². The van der Waals surface area contributed by atoms with Crippen LogP contribution in [0.5, 0.6) is 5.75 Å². The minimum absolute atomic E-state index is 0.191. The van der Waals surface area contributed by atoms with Gasteiger partial charge < -0.3 is 15.6 Å². The Balaban J connectivity index is 1.95. The molecule has 0 aliphatic rings. The molecule has 0 saturated carbocycles. The van der Waals surface area contributed by atoms with E-state index in [1.807, 2.05) is 30.3 Å². The van der Waals surface area contributed by atoms with Crippen molar-refractivity contribution in [2.75, 3.05) is 12.3 Å². The van der Waals surface area contributed by atoms with Gasteiger partial charge in [0.25, 0.3) is 0 Å². The van der Waals surface area contributed by atoms with Gasteiger partial charge in [0.05, 0.1) is 0 Å². The maximum atomic E-state index is 10.1. The number of nitrogens with two attached hydrogens (primary N) is 1. The highest BCUT2D eigenvalue weighted by Crippen LogP contribution is 2.24. The predicted molar refractivity (Wildman–Crippen MR) is 86.5 cm³/mol. The number of para-hydroxylation sites is 1. The summed E-state index contributed by atoms with van der Waals surface area (Å²) in [7, 11) is 0. The molecule has 112 valence electrons. The molecule has 2 unspecified atom stereocenters. The van der Waals surface area contributed by atoms with Gasteiger partial charge in [0.2, 0.25) is 0 Å². The van der Waals surface area contributed by atoms with Crippen molar-refractivity contribution >= 4 is 5.69 Å². The zero-order valence-electron chi connectivity index (χ0n) is 12.6. The number of rotatable bonds is 6. The van der Waals surface area contributed by atoms with Gasteiger partial charge in [-0.25, -0.2) is 0 Å². The van der Waals surface area contributed by atoms with E-state index in [1.165, 1.54) is 5.56 Å². The Morgan fingerprint density at radius 1 is 1.10 bits per heavy atom. The largest absolute Gasteiger partial charge is 0.491 e. The quantitative estimate of drug-likeness (QED) is 0.792. The number of aliphatic hydroxyl groups excluding tert-OH is 1. The van der Waals surface area contributed by atoms with E-state index in [-0.39, 0.29) is 6.61 Å². The van der Waals surface area contributed by atoms with Crippen molar-refractivity contribution in [2.45, 2.75) is 32.3 Å². The van der Waals surface area contributed by atoms with Crippen molar-refractivity contribution in [3.8, 4) is 5.75 Å². The second-order valence-electron chi connectivity index (χ2n) is 5.33. The molecule has 0 spiro atoms. The molecule has 0 heterocycles. The molecule has 0 aromatic heterocycles. The van der Waals surface area contributed by atoms with Crippen LogP contribution in [0.25, 0.3) is 0 Å². The minimum Gasteiger partial charge on any atom is -0.491 e. The van der Waals surface area contributed by atoms with Crippen LogP contribution < -0.4 is 10.5 Å². The number of anilines is 1. The molecule has 0 saturated heterocycles. The normalized spacial score (nSPS) is 13.7. The summed E-state index contributed by atoms with van der Waals surface area (Å²) < 4.78 is 5.64. The Kier molecular flexibility index (Phi) is 5.23. The first-order valence-corrected chi connectivity index (χ1v) is 7.37. The lowest BCUT2D eigenvalue weighted by Gasteiger charge is -2.15. The van der Waals surface area contributed by atoms with Gasteiger partial charge in [-0.15, -0.1) is 0 Å². The first kappa shape index (κ1) is 15.4. The Bertz CT molecular complexity index is 566. The highest BCUT2D eigenvalue weighted by Gasteiger charge is 2.11. The van der Waals surface area contributed by atoms with Gasteiger partial charge in [0.15, 0.2) is 0 Å². The lowest BCUT2D eigenvalue weighted by molar-refractivity contribution is 0.109. The number of hydrogen-bond donors (Lipinski definition) is 2. The van der Waals surface area contributed by atoms with Gasteiger partial charge in [-0.3, -0.25) is 0 Å². The van der Waals surface area contributed by atoms with Gasteiger partial charge in [-0.1, -0.05) is 44.2 Å². The molecule has 0 radical (unpaired) electrons. The van der Waals surface area contributed by atoms with Crippen LogP contribution in [0, 0.1) is 0 Å². The van der Waals surface area contributed by atoms with Crippen LogP contribution in [0.15, 0.2) is 48.5 Å². The topological polar surface area (TPSA) is 55.5 Å². The van der Waals surface area contributed by atoms with Gasteiger partial charge in [-0.05, 0) is 36.1 Å². The third-order valence-electron chi connectivity index (χ3n) is 3.82. The minimum atomic E-state index is -0.722. The summed E-state index contributed by atoms with van der Waals surface area (Å²) in [5, 5.41) is 10.1. The summed E-state index contributed by atoms with van der Waals surface area (Å²) in [6, 6.07) is 15.3. The molecule has 2 rings (SSSR count). The summed E-state index contributed by atoms with van der Waals surface area (Å²) in [6.07, 6.45) is 0.395. The Hall–Kier alpha value is -2.00. The molecule has 0 bridgehead atoms. The smallest absolute Gasteiger partial charge is 0.119 e. The second-order valence-corrected chi connectivity index (χ2v) is 5.33. The number of benzene rings is 2. The van der Waals surface area contributed by atoms with Gasteiger partial charge in [-0.2, -0.15) is 0 Å². The fourth-order valence-electron chi connectivity index (χ4n) is 2.21. The number of ether oxygens (including phenoxy) is 1. The molecule has 3 heteroatoms. The summed E-state index contributed by atoms with van der Waals surface area (Å²) in [5.74, 6) is 1.31. The lowest BCUT2D eigenvalue weighted by Crippen LogP contribution is -2.11. The van der Waals surface area contributed by atoms with Gasteiger partial charge in [0, 0.05) is 11.3 Å². The van der Waals surface area contributed by atoms with Crippen molar-refractivity contribution in [3.05, 3.63) is 59.7 Å². The van der Waals surface area contributed by atoms with Crippen LogP contribution >= 0.6 is 0 Å². The van der Waals surface area contributed by atoms with Crippen molar-refractivity contribution in [2.24, 2.45) is 0 Å². The summed E-state index contributed by atoms with van der Waals surface area (Å²) >= 11 is 0. The van der Waals surface area contributed by atoms with E-state index in [9.17, 15) is 5.11 Å². The summed E-state index contributed by atoms with van der Waals surface area (Å²) in [5.41, 5.74) is 8.43. The molecule has 0 aliphatic carbocycles. The number of nitrogen functional groups attached to an aromatic ring is 1.